The van der Waals surface area contributed by atoms with Crippen molar-refractivity contribution in [2.75, 3.05) is 46.1 Å². The molecular formula is C19H27N3O3. The molecule has 136 valence electrons. The van der Waals surface area contributed by atoms with Gasteiger partial charge in [0.15, 0.2) is 0 Å². The lowest BCUT2D eigenvalue weighted by Crippen LogP contribution is -2.53. The van der Waals surface area contributed by atoms with Crippen molar-refractivity contribution >= 4 is 6.03 Å². The first-order valence-corrected chi connectivity index (χ1v) is 9.30. The van der Waals surface area contributed by atoms with Gasteiger partial charge in [-0.25, -0.2) is 4.79 Å². The lowest BCUT2D eigenvalue weighted by molar-refractivity contribution is 0.00185. The maximum Gasteiger partial charge on any atom is 0.318 e. The minimum Gasteiger partial charge on any atom is -0.381 e. The van der Waals surface area contributed by atoms with Gasteiger partial charge in [-0.2, -0.15) is 0 Å². The Morgan fingerprint density at radius 1 is 1.12 bits per heavy atom. The topological polar surface area (TPSA) is 54.0 Å². The second-order valence-corrected chi connectivity index (χ2v) is 7.15. The van der Waals surface area contributed by atoms with E-state index in [1.54, 1.807) is 0 Å². The Balaban J connectivity index is 1.35. The number of fused-ring (bicyclic) bond motifs is 1. The van der Waals surface area contributed by atoms with E-state index in [1.807, 2.05) is 17.0 Å². The number of nitrogens with zero attached hydrogens (tertiary/aromatic N) is 2. The molecule has 2 atom stereocenters. The minimum atomic E-state index is 0.0355. The van der Waals surface area contributed by atoms with Crippen LogP contribution in [-0.2, 0) is 22.6 Å². The molecule has 3 aliphatic heterocycles. The summed E-state index contributed by atoms with van der Waals surface area (Å²) >= 11 is 0. The third-order valence-electron chi connectivity index (χ3n) is 5.61. The predicted octanol–water partition coefficient (Wildman–Crippen LogP) is 1.45. The highest BCUT2D eigenvalue weighted by Crippen LogP contribution is 2.24. The van der Waals surface area contributed by atoms with E-state index in [-0.39, 0.29) is 6.03 Å². The van der Waals surface area contributed by atoms with Crippen LogP contribution in [0.4, 0.5) is 4.79 Å². The van der Waals surface area contributed by atoms with Gasteiger partial charge in [0.1, 0.15) is 0 Å². The van der Waals surface area contributed by atoms with Crippen molar-refractivity contribution in [3.05, 3.63) is 35.4 Å². The van der Waals surface area contributed by atoms with Crippen molar-refractivity contribution in [3.8, 4) is 0 Å². The summed E-state index contributed by atoms with van der Waals surface area (Å²) in [6, 6.07) is 8.65. The number of benzene rings is 1. The van der Waals surface area contributed by atoms with Gasteiger partial charge in [0.25, 0.3) is 0 Å². The molecule has 4 rings (SSSR count). The van der Waals surface area contributed by atoms with E-state index in [9.17, 15) is 4.79 Å². The molecule has 2 amide bonds. The van der Waals surface area contributed by atoms with Crippen LogP contribution in [0.2, 0.25) is 0 Å². The van der Waals surface area contributed by atoms with Gasteiger partial charge in [0.05, 0.1) is 19.8 Å². The van der Waals surface area contributed by atoms with Crippen LogP contribution in [-0.4, -0.2) is 67.9 Å². The highest BCUT2D eigenvalue weighted by molar-refractivity contribution is 5.75. The van der Waals surface area contributed by atoms with Gasteiger partial charge in [0, 0.05) is 51.3 Å². The van der Waals surface area contributed by atoms with Crippen molar-refractivity contribution in [3.63, 3.8) is 0 Å². The van der Waals surface area contributed by atoms with Gasteiger partial charge in [-0.05, 0) is 17.5 Å². The van der Waals surface area contributed by atoms with Gasteiger partial charge in [-0.1, -0.05) is 24.3 Å². The second-order valence-electron chi connectivity index (χ2n) is 7.15. The van der Waals surface area contributed by atoms with E-state index in [0.717, 1.165) is 45.9 Å². The number of nitrogens with one attached hydrogen (secondary N) is 1. The van der Waals surface area contributed by atoms with Crippen LogP contribution in [0.1, 0.15) is 17.5 Å². The summed E-state index contributed by atoms with van der Waals surface area (Å²) in [5.74, 6) is 0.495. The fourth-order valence-electron chi connectivity index (χ4n) is 4.14. The summed E-state index contributed by atoms with van der Waals surface area (Å²) in [5, 5.41) is 3.18. The molecule has 0 aromatic heterocycles. The molecule has 25 heavy (non-hydrogen) atoms. The molecule has 0 spiro atoms. The molecule has 0 saturated carbocycles. The molecule has 3 heterocycles. The Kier molecular flexibility index (Phi) is 5.20. The molecule has 1 aromatic carbocycles. The van der Waals surface area contributed by atoms with Crippen molar-refractivity contribution in [1.82, 2.24) is 15.1 Å². The maximum absolute atomic E-state index is 12.7. The van der Waals surface area contributed by atoms with E-state index in [2.05, 4.69) is 22.3 Å². The van der Waals surface area contributed by atoms with E-state index in [4.69, 9.17) is 9.47 Å². The molecule has 0 aliphatic carbocycles. The number of amides is 2. The third-order valence-corrected chi connectivity index (χ3v) is 5.61. The van der Waals surface area contributed by atoms with Gasteiger partial charge in [-0.3, -0.25) is 4.90 Å². The summed E-state index contributed by atoms with van der Waals surface area (Å²) in [6.45, 7) is 7.15. The third kappa shape index (κ3) is 3.81. The van der Waals surface area contributed by atoms with Crippen LogP contribution < -0.4 is 5.32 Å². The number of hydrogen-bond acceptors (Lipinski definition) is 4. The average Bonchev–Trinajstić information content (AvgIpc) is 3.32. The number of urea groups is 1. The Bertz CT molecular complexity index is 572. The van der Waals surface area contributed by atoms with E-state index in [1.165, 1.54) is 11.1 Å². The van der Waals surface area contributed by atoms with Crippen LogP contribution in [0.3, 0.4) is 0 Å². The van der Waals surface area contributed by atoms with Crippen LogP contribution in [0, 0.1) is 5.92 Å². The number of carbonyl (C=O) groups is 1. The summed E-state index contributed by atoms with van der Waals surface area (Å²) in [6.07, 6.45) is 1.08. The van der Waals surface area contributed by atoms with Crippen molar-refractivity contribution in [2.45, 2.75) is 25.6 Å². The highest BCUT2D eigenvalue weighted by Gasteiger charge is 2.32. The Labute approximate surface area is 149 Å². The standard InChI is InChI=1S/C19H27N3O3/c23-19(22-12-15-3-1-2-4-16(15)13-22)20-11-18(17-5-8-25-14-17)21-6-9-24-10-7-21/h1-4,17-18H,5-14H2,(H,20,23)/t17-,18-/m0/s1. The average molecular weight is 345 g/mol. The second kappa shape index (κ2) is 7.72. The normalized spacial score (nSPS) is 25.0. The first-order valence-electron chi connectivity index (χ1n) is 9.30. The van der Waals surface area contributed by atoms with Gasteiger partial charge < -0.3 is 19.7 Å². The lowest BCUT2D eigenvalue weighted by Gasteiger charge is -2.37. The first-order chi connectivity index (χ1) is 12.3. The quantitative estimate of drug-likeness (QED) is 0.897. The predicted molar refractivity (Wildman–Crippen MR) is 94.2 cm³/mol. The van der Waals surface area contributed by atoms with Crippen LogP contribution in [0.5, 0.6) is 0 Å². The fraction of sp³-hybridized carbons (Fsp3) is 0.632. The summed E-state index contributed by atoms with van der Waals surface area (Å²) in [5.41, 5.74) is 2.51. The molecule has 6 nitrogen and oxygen atoms in total. The molecule has 2 fully saturated rings. The molecular weight excluding hydrogens is 318 g/mol. The largest absolute Gasteiger partial charge is 0.381 e. The SMILES string of the molecule is O=C(NC[C@@H]([C@H]1CCOC1)N1CCOCC1)N1Cc2ccccc2C1. The lowest BCUT2D eigenvalue weighted by atomic mass is 9.97. The van der Waals surface area contributed by atoms with Crippen LogP contribution in [0.25, 0.3) is 0 Å². The van der Waals surface area contributed by atoms with E-state index < -0.39 is 0 Å². The highest BCUT2D eigenvalue weighted by atomic mass is 16.5. The van der Waals surface area contributed by atoms with Crippen molar-refractivity contribution < 1.29 is 14.3 Å². The smallest absolute Gasteiger partial charge is 0.318 e. The molecule has 1 N–H and O–H groups in total. The zero-order valence-corrected chi connectivity index (χ0v) is 14.7. The Hall–Kier alpha value is -1.63. The van der Waals surface area contributed by atoms with Crippen molar-refractivity contribution in [1.29, 1.82) is 0 Å². The fourth-order valence-corrected chi connectivity index (χ4v) is 4.14. The Morgan fingerprint density at radius 3 is 2.48 bits per heavy atom. The number of rotatable bonds is 4. The summed E-state index contributed by atoms with van der Waals surface area (Å²) < 4.78 is 11.1. The monoisotopic (exact) mass is 345 g/mol. The minimum absolute atomic E-state index is 0.0355. The maximum atomic E-state index is 12.7. The van der Waals surface area contributed by atoms with E-state index >= 15 is 0 Å². The molecule has 0 bridgehead atoms. The number of hydrogen-bond donors (Lipinski definition) is 1. The molecule has 0 radical (unpaired) electrons. The van der Waals surface area contributed by atoms with Gasteiger partial charge >= 0.3 is 6.03 Å². The first kappa shape index (κ1) is 16.8. The van der Waals surface area contributed by atoms with E-state index in [0.29, 0.717) is 31.6 Å². The zero-order valence-electron chi connectivity index (χ0n) is 14.7. The van der Waals surface area contributed by atoms with Gasteiger partial charge in [0.2, 0.25) is 0 Å². The molecule has 2 saturated heterocycles. The van der Waals surface area contributed by atoms with Crippen LogP contribution >= 0.6 is 0 Å². The molecule has 3 aliphatic rings. The van der Waals surface area contributed by atoms with Gasteiger partial charge in [-0.15, -0.1) is 0 Å². The number of morpholine rings is 1. The molecule has 0 unspecified atom stereocenters. The summed E-state index contributed by atoms with van der Waals surface area (Å²) in [7, 11) is 0. The molecule has 1 aromatic rings. The Morgan fingerprint density at radius 2 is 1.84 bits per heavy atom. The molecule has 6 heteroatoms. The number of ether oxygens (including phenoxy) is 2. The number of carbonyl (C=O) groups excluding carboxylic acids is 1. The van der Waals surface area contributed by atoms with Crippen LogP contribution in [0.15, 0.2) is 24.3 Å². The summed E-state index contributed by atoms with van der Waals surface area (Å²) in [4.78, 5) is 17.0. The zero-order chi connectivity index (χ0) is 17.1. The van der Waals surface area contributed by atoms with Crippen molar-refractivity contribution in [2.24, 2.45) is 5.92 Å².